The van der Waals surface area contributed by atoms with Crippen molar-refractivity contribution in [3.8, 4) is 0 Å². The number of piperidine rings is 1. The number of urea groups is 1. The molecule has 0 unspecified atom stereocenters. The number of methoxy groups -OCH3 is 1. The predicted octanol–water partition coefficient (Wildman–Crippen LogP) is 3.87. The lowest BCUT2D eigenvalue weighted by atomic mass is 10.1. The highest BCUT2D eigenvalue weighted by atomic mass is 16.5. The largest absolute Gasteiger partial charge is 0.462 e. The third-order valence-corrected chi connectivity index (χ3v) is 5.44. The summed E-state index contributed by atoms with van der Waals surface area (Å²) < 4.78 is 9.99. The summed E-state index contributed by atoms with van der Waals surface area (Å²) in [5, 5.41) is 8.37. The maximum absolute atomic E-state index is 12.9. The molecule has 9 nitrogen and oxygen atoms in total. The molecule has 3 N–H and O–H groups in total. The third kappa shape index (κ3) is 6.95. The molecule has 0 aromatic heterocycles. The molecule has 1 saturated heterocycles. The third-order valence-electron chi connectivity index (χ3n) is 5.44. The molecule has 2 aromatic rings. The highest BCUT2D eigenvalue weighted by Crippen LogP contribution is 2.27. The summed E-state index contributed by atoms with van der Waals surface area (Å²) in [6.45, 7) is 4.64. The monoisotopic (exact) mass is 468 g/mol. The number of benzene rings is 2. The van der Waals surface area contributed by atoms with Gasteiger partial charge in [-0.15, -0.1) is 0 Å². The van der Waals surface area contributed by atoms with E-state index < -0.39 is 12.0 Å². The first kappa shape index (κ1) is 25.0. The van der Waals surface area contributed by atoms with Gasteiger partial charge in [0.05, 0.1) is 24.3 Å². The molecular weight excluding hydrogens is 436 g/mol. The van der Waals surface area contributed by atoms with E-state index in [9.17, 15) is 14.4 Å². The molecule has 1 heterocycles. The van der Waals surface area contributed by atoms with Gasteiger partial charge in [-0.2, -0.15) is 0 Å². The molecule has 3 amide bonds. The van der Waals surface area contributed by atoms with Crippen LogP contribution < -0.4 is 20.9 Å². The zero-order chi connectivity index (χ0) is 24.3. The van der Waals surface area contributed by atoms with Crippen LogP contribution in [-0.4, -0.2) is 57.9 Å². The van der Waals surface area contributed by atoms with Gasteiger partial charge in [0, 0.05) is 43.8 Å². The first-order valence-corrected chi connectivity index (χ1v) is 11.5. The van der Waals surface area contributed by atoms with E-state index in [4.69, 9.17) is 9.47 Å². The number of hydrogen-bond donors (Lipinski definition) is 3. The van der Waals surface area contributed by atoms with Crippen LogP contribution in [0.2, 0.25) is 0 Å². The normalized spacial score (nSPS) is 13.2. The van der Waals surface area contributed by atoms with Crippen LogP contribution in [0.3, 0.4) is 0 Å². The number of hydrogen-bond acceptors (Lipinski definition) is 6. The van der Waals surface area contributed by atoms with Crippen LogP contribution in [0.1, 0.15) is 46.9 Å². The predicted molar refractivity (Wildman–Crippen MR) is 132 cm³/mol. The Morgan fingerprint density at radius 2 is 1.62 bits per heavy atom. The van der Waals surface area contributed by atoms with Gasteiger partial charge in [-0.3, -0.25) is 4.79 Å². The number of nitrogens with one attached hydrogen (secondary N) is 3. The molecule has 34 heavy (non-hydrogen) atoms. The zero-order valence-electron chi connectivity index (χ0n) is 19.7. The zero-order valence-corrected chi connectivity index (χ0v) is 19.7. The Bertz CT molecular complexity index is 987. The van der Waals surface area contributed by atoms with Crippen molar-refractivity contribution in [1.29, 1.82) is 0 Å². The van der Waals surface area contributed by atoms with Gasteiger partial charge in [0.2, 0.25) is 0 Å². The SMILES string of the molecule is CCOC(=O)c1ccc(NC(=O)Nc2ccc(N3CCCCC3)c(C(=O)NCCOC)c2)cc1. The number of rotatable bonds is 9. The molecular formula is C25H32N4O5. The minimum atomic E-state index is -0.458. The highest BCUT2D eigenvalue weighted by molar-refractivity contribution is 6.04. The molecule has 2 aromatic carbocycles. The topological polar surface area (TPSA) is 109 Å². The molecule has 0 aliphatic carbocycles. The Morgan fingerprint density at radius 1 is 0.941 bits per heavy atom. The van der Waals surface area contributed by atoms with Crippen molar-refractivity contribution >= 4 is 35.0 Å². The van der Waals surface area contributed by atoms with Crippen molar-refractivity contribution in [2.45, 2.75) is 26.2 Å². The lowest BCUT2D eigenvalue weighted by molar-refractivity contribution is 0.0526. The van der Waals surface area contributed by atoms with E-state index in [1.165, 1.54) is 6.42 Å². The van der Waals surface area contributed by atoms with Crippen molar-refractivity contribution in [2.75, 3.05) is 55.5 Å². The van der Waals surface area contributed by atoms with Gasteiger partial charge in [-0.25, -0.2) is 9.59 Å². The van der Waals surface area contributed by atoms with Crippen LogP contribution in [0.15, 0.2) is 42.5 Å². The van der Waals surface area contributed by atoms with E-state index in [0.29, 0.717) is 42.3 Å². The standard InChI is InChI=1S/C25H32N4O5/c1-3-34-24(31)18-7-9-19(10-8-18)27-25(32)28-20-11-12-22(29-14-5-4-6-15-29)21(17-20)23(30)26-13-16-33-2/h7-12,17H,3-6,13-16H2,1-2H3,(H,26,30)(H2,27,28,32). The van der Waals surface area contributed by atoms with Gasteiger partial charge in [0.1, 0.15) is 0 Å². The Kier molecular flexibility index (Phi) is 9.28. The molecule has 0 saturated carbocycles. The molecule has 3 rings (SSSR count). The second kappa shape index (κ2) is 12.6. The van der Waals surface area contributed by atoms with Crippen molar-refractivity contribution in [1.82, 2.24) is 5.32 Å². The molecule has 0 atom stereocenters. The summed E-state index contributed by atoms with van der Waals surface area (Å²) in [6, 6.07) is 11.3. The van der Waals surface area contributed by atoms with E-state index in [1.54, 1.807) is 50.4 Å². The molecule has 0 bridgehead atoms. The second-order valence-electron chi connectivity index (χ2n) is 7.91. The molecule has 182 valence electrons. The van der Waals surface area contributed by atoms with Crippen LogP contribution in [-0.2, 0) is 9.47 Å². The quantitative estimate of drug-likeness (QED) is 0.381. The lowest BCUT2D eigenvalue weighted by Crippen LogP contribution is -2.33. The van der Waals surface area contributed by atoms with E-state index in [2.05, 4.69) is 20.9 Å². The number of carbonyl (C=O) groups is 3. The van der Waals surface area contributed by atoms with Gasteiger partial charge in [-0.1, -0.05) is 0 Å². The van der Waals surface area contributed by atoms with Crippen molar-refractivity contribution in [3.63, 3.8) is 0 Å². The van der Waals surface area contributed by atoms with E-state index >= 15 is 0 Å². The fraction of sp³-hybridized carbons (Fsp3) is 0.400. The maximum atomic E-state index is 12.9. The Morgan fingerprint density at radius 3 is 2.29 bits per heavy atom. The Hall–Kier alpha value is -3.59. The van der Waals surface area contributed by atoms with Crippen LogP contribution in [0.4, 0.5) is 21.9 Å². The molecule has 1 aliphatic rings. The smallest absolute Gasteiger partial charge is 0.338 e. The van der Waals surface area contributed by atoms with E-state index in [0.717, 1.165) is 31.6 Å². The summed E-state index contributed by atoms with van der Waals surface area (Å²) >= 11 is 0. The van der Waals surface area contributed by atoms with Crippen LogP contribution in [0.5, 0.6) is 0 Å². The average Bonchev–Trinajstić information content (AvgIpc) is 2.85. The fourth-order valence-corrected chi connectivity index (χ4v) is 3.77. The minimum Gasteiger partial charge on any atom is -0.462 e. The number of ether oxygens (including phenoxy) is 2. The maximum Gasteiger partial charge on any atom is 0.338 e. The molecule has 0 radical (unpaired) electrons. The molecule has 9 heteroatoms. The van der Waals surface area contributed by atoms with Crippen LogP contribution in [0, 0.1) is 0 Å². The first-order valence-electron chi connectivity index (χ1n) is 11.5. The average molecular weight is 469 g/mol. The minimum absolute atomic E-state index is 0.212. The highest BCUT2D eigenvalue weighted by Gasteiger charge is 2.19. The van der Waals surface area contributed by atoms with Gasteiger partial charge >= 0.3 is 12.0 Å². The Labute approximate surface area is 199 Å². The van der Waals surface area contributed by atoms with Crippen molar-refractivity contribution < 1.29 is 23.9 Å². The first-order chi connectivity index (χ1) is 16.5. The number of carbonyl (C=O) groups excluding carboxylic acids is 3. The second-order valence-corrected chi connectivity index (χ2v) is 7.91. The van der Waals surface area contributed by atoms with E-state index in [-0.39, 0.29) is 5.91 Å². The molecule has 0 spiro atoms. The number of esters is 1. The fourth-order valence-electron chi connectivity index (χ4n) is 3.77. The van der Waals surface area contributed by atoms with Crippen molar-refractivity contribution in [2.24, 2.45) is 0 Å². The van der Waals surface area contributed by atoms with Gasteiger partial charge in [-0.05, 0) is 68.7 Å². The summed E-state index contributed by atoms with van der Waals surface area (Å²) in [7, 11) is 1.58. The molecule has 1 aliphatic heterocycles. The summed E-state index contributed by atoms with van der Waals surface area (Å²) in [4.78, 5) is 39.4. The van der Waals surface area contributed by atoms with Crippen LogP contribution in [0.25, 0.3) is 0 Å². The van der Waals surface area contributed by atoms with Crippen LogP contribution >= 0.6 is 0 Å². The summed E-state index contributed by atoms with van der Waals surface area (Å²) in [6.07, 6.45) is 3.36. The van der Waals surface area contributed by atoms with Gasteiger partial charge in [0.15, 0.2) is 0 Å². The Balaban J connectivity index is 1.70. The van der Waals surface area contributed by atoms with E-state index in [1.807, 2.05) is 6.07 Å². The van der Waals surface area contributed by atoms with Crippen molar-refractivity contribution in [3.05, 3.63) is 53.6 Å². The summed E-state index contributed by atoms with van der Waals surface area (Å²) in [5.74, 6) is -0.625. The lowest BCUT2D eigenvalue weighted by Gasteiger charge is -2.30. The summed E-state index contributed by atoms with van der Waals surface area (Å²) in [5.41, 5.74) is 2.79. The number of nitrogens with zero attached hydrogens (tertiary/aromatic N) is 1. The van der Waals surface area contributed by atoms with Gasteiger partial charge < -0.3 is 30.3 Å². The van der Waals surface area contributed by atoms with Gasteiger partial charge in [0.25, 0.3) is 5.91 Å². The molecule has 1 fully saturated rings. The number of anilines is 3. The number of amides is 3.